The lowest BCUT2D eigenvalue weighted by atomic mass is 10.1. The second-order valence-electron chi connectivity index (χ2n) is 7.69. The molecule has 9 heteroatoms. The van der Waals surface area contributed by atoms with E-state index in [-0.39, 0.29) is 11.4 Å². The van der Waals surface area contributed by atoms with Crippen LogP contribution in [-0.4, -0.2) is 36.0 Å². The highest BCUT2D eigenvalue weighted by Gasteiger charge is 2.14. The molecule has 0 saturated carbocycles. The van der Waals surface area contributed by atoms with E-state index in [4.69, 9.17) is 0 Å². The van der Waals surface area contributed by atoms with Gasteiger partial charge in [-0.05, 0) is 49.8 Å². The number of rotatable bonds is 10. The van der Waals surface area contributed by atoms with Gasteiger partial charge in [0.25, 0.3) is 17.5 Å². The topological polar surface area (TPSA) is 117 Å². The third-order valence-corrected chi connectivity index (χ3v) is 5.32. The minimum atomic E-state index is -0.645. The molecule has 0 fully saturated rings. The molecule has 0 unspecified atom stereocenters. The fraction of sp³-hybridized carbons (Fsp3) is 0.148. The van der Waals surface area contributed by atoms with Gasteiger partial charge in [-0.25, -0.2) is 5.43 Å². The number of nitrogens with one attached hydrogen (secondary N) is 2. The monoisotopic (exact) mass is 485 g/mol. The number of nitro groups is 1. The molecule has 2 amide bonds. The molecule has 0 saturated heterocycles. The lowest BCUT2D eigenvalue weighted by Gasteiger charge is -2.20. The van der Waals surface area contributed by atoms with E-state index < -0.39 is 16.7 Å². The number of benzene rings is 3. The molecule has 0 radical (unpaired) electrons. The van der Waals surface area contributed by atoms with Crippen LogP contribution in [0.5, 0.6) is 0 Å². The molecule has 3 rings (SSSR count). The molecule has 2 N–H and O–H groups in total. The minimum Gasteiger partial charge on any atom is -0.372 e. The molecule has 9 nitrogen and oxygen atoms in total. The number of nitro benzene ring substituents is 1. The van der Waals surface area contributed by atoms with Crippen molar-refractivity contribution >= 4 is 35.5 Å². The largest absolute Gasteiger partial charge is 0.372 e. The van der Waals surface area contributed by atoms with Crippen molar-refractivity contribution in [2.75, 3.05) is 18.0 Å². The van der Waals surface area contributed by atoms with Crippen LogP contribution in [0.1, 0.15) is 35.3 Å². The molecule has 3 aromatic rings. The van der Waals surface area contributed by atoms with Crippen LogP contribution in [0.15, 0.2) is 89.7 Å². The summed E-state index contributed by atoms with van der Waals surface area (Å²) in [5.74, 6) is -1.09. The number of hydrazone groups is 1. The normalized spacial score (nSPS) is 11.2. The van der Waals surface area contributed by atoms with Gasteiger partial charge in [0.2, 0.25) is 0 Å². The zero-order valence-corrected chi connectivity index (χ0v) is 20.0. The minimum absolute atomic E-state index is 0.00404. The third-order valence-electron chi connectivity index (χ3n) is 5.32. The molecule has 36 heavy (non-hydrogen) atoms. The Kier molecular flexibility index (Phi) is 9.05. The smallest absolute Gasteiger partial charge is 0.287 e. The quantitative estimate of drug-likeness (QED) is 0.191. The van der Waals surface area contributed by atoms with Gasteiger partial charge in [0.05, 0.1) is 11.1 Å². The van der Waals surface area contributed by atoms with Gasteiger partial charge >= 0.3 is 0 Å². The van der Waals surface area contributed by atoms with Crippen LogP contribution in [0.4, 0.5) is 11.4 Å². The first-order chi connectivity index (χ1) is 17.4. The van der Waals surface area contributed by atoms with Gasteiger partial charge in [0.15, 0.2) is 0 Å². The predicted octanol–water partition coefficient (Wildman–Crippen LogP) is 4.36. The fourth-order valence-corrected chi connectivity index (χ4v) is 3.42. The van der Waals surface area contributed by atoms with Crippen molar-refractivity contribution in [1.29, 1.82) is 0 Å². The molecular formula is C27H27N5O4. The maximum absolute atomic E-state index is 12.9. The second-order valence-corrected chi connectivity index (χ2v) is 7.69. The Balaban J connectivity index is 1.82. The summed E-state index contributed by atoms with van der Waals surface area (Å²) in [6.07, 6.45) is 2.85. The van der Waals surface area contributed by atoms with Crippen LogP contribution in [0.3, 0.4) is 0 Å². The lowest BCUT2D eigenvalue weighted by molar-refractivity contribution is -0.384. The van der Waals surface area contributed by atoms with Crippen molar-refractivity contribution in [3.05, 3.63) is 111 Å². The Morgan fingerprint density at radius 1 is 0.944 bits per heavy atom. The fourth-order valence-electron chi connectivity index (χ4n) is 3.42. The van der Waals surface area contributed by atoms with Gasteiger partial charge in [0, 0.05) is 42.0 Å². The van der Waals surface area contributed by atoms with E-state index in [1.165, 1.54) is 24.4 Å². The van der Waals surface area contributed by atoms with Gasteiger partial charge in [-0.2, -0.15) is 5.10 Å². The molecule has 3 aromatic carbocycles. The number of hydrogen-bond donors (Lipinski definition) is 2. The van der Waals surface area contributed by atoms with Gasteiger partial charge in [-0.15, -0.1) is 0 Å². The molecule has 0 atom stereocenters. The van der Waals surface area contributed by atoms with E-state index in [1.807, 2.05) is 24.3 Å². The summed E-state index contributed by atoms with van der Waals surface area (Å²) in [6, 6.07) is 22.0. The highest BCUT2D eigenvalue weighted by atomic mass is 16.6. The zero-order valence-electron chi connectivity index (χ0n) is 20.0. The van der Waals surface area contributed by atoms with Crippen LogP contribution >= 0.6 is 0 Å². The van der Waals surface area contributed by atoms with Crippen molar-refractivity contribution < 1.29 is 14.5 Å². The molecular weight excluding hydrogens is 458 g/mol. The van der Waals surface area contributed by atoms with Gasteiger partial charge in [-0.3, -0.25) is 19.7 Å². The first-order valence-corrected chi connectivity index (χ1v) is 11.4. The SMILES string of the molecule is CCN(CC)c1ccc(/C=C(/NC(=O)c2ccccc2)C(=O)N/N=C\c2cccc([N+](=O)[O-])c2)cc1. The number of anilines is 1. The van der Waals surface area contributed by atoms with E-state index in [0.29, 0.717) is 16.7 Å². The molecule has 0 aromatic heterocycles. The highest BCUT2D eigenvalue weighted by molar-refractivity contribution is 6.05. The number of carbonyl (C=O) groups is 2. The Hall–Kier alpha value is -4.79. The standard InChI is InChI=1S/C27H27N5O4/c1-3-31(4-2)23-15-13-20(14-16-23)18-25(29-26(33)22-10-6-5-7-11-22)27(34)30-28-19-21-9-8-12-24(17-21)32(35)36/h5-19H,3-4H2,1-2H3,(H,29,33)(H,30,34)/b25-18+,28-19-. The van der Waals surface area contributed by atoms with E-state index >= 15 is 0 Å². The van der Waals surface area contributed by atoms with Crippen molar-refractivity contribution in [3.63, 3.8) is 0 Å². The van der Waals surface area contributed by atoms with E-state index in [1.54, 1.807) is 42.5 Å². The zero-order chi connectivity index (χ0) is 25.9. The summed E-state index contributed by atoms with van der Waals surface area (Å²) in [5.41, 5.74) is 4.89. The second kappa shape index (κ2) is 12.6. The Labute approximate surface area is 209 Å². The molecule has 0 bridgehead atoms. The van der Waals surface area contributed by atoms with Crippen LogP contribution in [0, 0.1) is 10.1 Å². The van der Waals surface area contributed by atoms with Gasteiger partial charge < -0.3 is 10.2 Å². The van der Waals surface area contributed by atoms with Crippen LogP contribution in [-0.2, 0) is 4.79 Å². The number of carbonyl (C=O) groups excluding carboxylic acids is 2. The van der Waals surface area contributed by atoms with Crippen molar-refractivity contribution in [2.45, 2.75) is 13.8 Å². The van der Waals surface area contributed by atoms with Gasteiger partial charge in [0.1, 0.15) is 5.70 Å². The predicted molar refractivity (Wildman–Crippen MR) is 141 cm³/mol. The first-order valence-electron chi connectivity index (χ1n) is 11.4. The van der Waals surface area contributed by atoms with E-state index in [0.717, 1.165) is 18.8 Å². The summed E-state index contributed by atoms with van der Waals surface area (Å²) >= 11 is 0. The van der Waals surface area contributed by atoms with E-state index in [2.05, 4.69) is 34.6 Å². The van der Waals surface area contributed by atoms with Crippen LogP contribution < -0.4 is 15.6 Å². The summed E-state index contributed by atoms with van der Waals surface area (Å²) in [4.78, 5) is 38.3. The Morgan fingerprint density at radius 2 is 1.64 bits per heavy atom. The van der Waals surface area contributed by atoms with Crippen LogP contribution in [0.2, 0.25) is 0 Å². The van der Waals surface area contributed by atoms with Gasteiger partial charge in [-0.1, -0.05) is 42.5 Å². The highest BCUT2D eigenvalue weighted by Crippen LogP contribution is 2.17. The molecule has 0 aliphatic carbocycles. The summed E-state index contributed by atoms with van der Waals surface area (Å²) in [5, 5.41) is 17.5. The van der Waals surface area contributed by atoms with Crippen molar-refractivity contribution in [3.8, 4) is 0 Å². The third kappa shape index (κ3) is 7.10. The molecule has 0 spiro atoms. The summed E-state index contributed by atoms with van der Waals surface area (Å²) in [6.45, 7) is 5.89. The van der Waals surface area contributed by atoms with Crippen molar-refractivity contribution in [2.24, 2.45) is 5.10 Å². The summed E-state index contributed by atoms with van der Waals surface area (Å²) in [7, 11) is 0. The van der Waals surface area contributed by atoms with E-state index in [9.17, 15) is 19.7 Å². The average Bonchev–Trinajstić information content (AvgIpc) is 2.90. The molecule has 0 heterocycles. The number of hydrogen-bond acceptors (Lipinski definition) is 6. The average molecular weight is 486 g/mol. The maximum atomic E-state index is 12.9. The number of nitrogens with zero attached hydrogens (tertiary/aromatic N) is 3. The molecule has 0 aliphatic heterocycles. The Bertz CT molecular complexity index is 1270. The Morgan fingerprint density at radius 3 is 2.28 bits per heavy atom. The first kappa shape index (κ1) is 25.8. The molecule has 0 aliphatic rings. The van der Waals surface area contributed by atoms with Crippen molar-refractivity contribution in [1.82, 2.24) is 10.7 Å². The number of amides is 2. The lowest BCUT2D eigenvalue weighted by Crippen LogP contribution is -2.32. The maximum Gasteiger partial charge on any atom is 0.287 e. The summed E-state index contributed by atoms with van der Waals surface area (Å²) < 4.78 is 0. The molecule has 184 valence electrons. The van der Waals surface area contributed by atoms with Crippen LogP contribution in [0.25, 0.3) is 6.08 Å². The number of non-ortho nitro benzene ring substituents is 1.